The summed E-state index contributed by atoms with van der Waals surface area (Å²) in [5, 5.41) is 0. The Morgan fingerprint density at radius 1 is 1.17 bits per heavy atom. The van der Waals surface area contributed by atoms with Gasteiger partial charge in [-0.1, -0.05) is 0 Å². The van der Waals surface area contributed by atoms with Gasteiger partial charge in [-0.2, -0.15) is 0 Å². The van der Waals surface area contributed by atoms with E-state index in [1.807, 2.05) is 25.7 Å². The summed E-state index contributed by atoms with van der Waals surface area (Å²) in [5.41, 5.74) is -0.478. The summed E-state index contributed by atoms with van der Waals surface area (Å²) < 4.78 is 24.4. The number of amides is 1. The molecule has 0 saturated carbocycles. The Kier molecular flexibility index (Phi) is 4.70. The zero-order valence-corrected chi connectivity index (χ0v) is 14.6. The number of carbonyl (C=O) groups is 1. The van der Waals surface area contributed by atoms with Gasteiger partial charge in [-0.05, 0) is 70.7 Å². The summed E-state index contributed by atoms with van der Waals surface area (Å²) in [4.78, 5) is 14.5. The van der Waals surface area contributed by atoms with Gasteiger partial charge in [-0.25, -0.2) is 9.18 Å². The summed E-state index contributed by atoms with van der Waals surface area (Å²) in [6.07, 6.45) is 3.88. The van der Waals surface area contributed by atoms with Crippen molar-refractivity contribution >= 4 is 6.09 Å². The number of benzene rings is 1. The van der Waals surface area contributed by atoms with Crippen LogP contribution < -0.4 is 4.74 Å². The van der Waals surface area contributed by atoms with Gasteiger partial charge < -0.3 is 14.4 Å². The Hall–Kier alpha value is -1.78. The van der Waals surface area contributed by atoms with E-state index in [4.69, 9.17) is 9.47 Å². The largest absolute Gasteiger partial charge is 0.493 e. The van der Waals surface area contributed by atoms with E-state index < -0.39 is 5.60 Å². The minimum absolute atomic E-state index is 0.180. The summed E-state index contributed by atoms with van der Waals surface area (Å²) >= 11 is 0. The topological polar surface area (TPSA) is 38.8 Å². The number of carbonyl (C=O) groups excluding carboxylic acids is 1. The minimum atomic E-state index is -0.478. The molecule has 0 N–H and O–H groups in total. The number of nitrogens with zero attached hydrogens (tertiary/aromatic N) is 1. The number of fused-ring (bicyclic) bond motifs is 2. The third kappa shape index (κ3) is 3.82. The van der Waals surface area contributed by atoms with Crippen molar-refractivity contribution in [2.45, 2.75) is 64.1 Å². The predicted molar refractivity (Wildman–Crippen MR) is 89.5 cm³/mol. The molecule has 1 amide bonds. The van der Waals surface area contributed by atoms with Crippen molar-refractivity contribution in [3.63, 3.8) is 0 Å². The molecule has 4 nitrogen and oxygen atoms in total. The molecule has 0 aliphatic carbocycles. The van der Waals surface area contributed by atoms with Gasteiger partial charge in [0.25, 0.3) is 0 Å². The fourth-order valence-corrected chi connectivity index (χ4v) is 3.78. The molecule has 0 radical (unpaired) electrons. The second kappa shape index (κ2) is 6.61. The number of rotatable bonds is 3. The zero-order valence-electron chi connectivity index (χ0n) is 14.6. The van der Waals surface area contributed by atoms with E-state index in [1.54, 1.807) is 12.1 Å². The standard InChI is InChI=1S/C19H26FNO3/c1-19(2,3)24-18(22)21-15-7-4-13(17(21)11-8-15)12-23-16-9-5-14(20)6-10-16/h5-6,9-10,13,15,17H,4,7-8,11-12H2,1-3H3/t13-,15?,17+/m1/s1. The smallest absolute Gasteiger partial charge is 0.410 e. The lowest BCUT2D eigenvalue weighted by Gasteiger charge is -2.40. The molecule has 0 spiro atoms. The molecule has 3 rings (SSSR count). The molecule has 24 heavy (non-hydrogen) atoms. The van der Waals surface area contributed by atoms with Crippen molar-refractivity contribution in [2.24, 2.45) is 5.92 Å². The summed E-state index contributed by atoms with van der Waals surface area (Å²) in [7, 11) is 0. The van der Waals surface area contributed by atoms with Gasteiger partial charge in [0.05, 0.1) is 6.61 Å². The quantitative estimate of drug-likeness (QED) is 0.823. The summed E-state index contributed by atoms with van der Waals surface area (Å²) in [5.74, 6) is 0.691. The number of piperidine rings is 1. The van der Waals surface area contributed by atoms with E-state index in [2.05, 4.69) is 0 Å². The highest BCUT2D eigenvalue weighted by Crippen LogP contribution is 2.40. The first-order chi connectivity index (χ1) is 11.3. The van der Waals surface area contributed by atoms with Crippen LogP contribution in [0.25, 0.3) is 0 Å². The molecule has 2 saturated heterocycles. The van der Waals surface area contributed by atoms with Crippen LogP contribution in [0.3, 0.4) is 0 Å². The van der Waals surface area contributed by atoms with Crippen molar-refractivity contribution in [3.05, 3.63) is 30.1 Å². The highest BCUT2D eigenvalue weighted by molar-refractivity contribution is 5.69. The van der Waals surface area contributed by atoms with Crippen molar-refractivity contribution in [1.29, 1.82) is 0 Å². The lowest BCUT2D eigenvalue weighted by atomic mass is 9.91. The van der Waals surface area contributed by atoms with Crippen molar-refractivity contribution in [3.8, 4) is 5.75 Å². The lowest BCUT2D eigenvalue weighted by molar-refractivity contribution is -0.00590. The normalized spacial score (nSPS) is 26.3. The summed E-state index contributed by atoms with van der Waals surface area (Å²) in [6, 6.07) is 6.55. The molecule has 1 unspecified atom stereocenters. The highest BCUT2D eigenvalue weighted by Gasteiger charge is 2.46. The average molecular weight is 335 g/mol. The van der Waals surface area contributed by atoms with Gasteiger partial charge in [0, 0.05) is 18.0 Å². The van der Waals surface area contributed by atoms with Crippen LogP contribution in [0.4, 0.5) is 9.18 Å². The maximum atomic E-state index is 13.0. The van der Waals surface area contributed by atoms with E-state index in [0.717, 1.165) is 25.7 Å². The van der Waals surface area contributed by atoms with Crippen molar-refractivity contribution < 1.29 is 18.7 Å². The van der Waals surface area contributed by atoms with Crippen molar-refractivity contribution in [1.82, 2.24) is 4.90 Å². The Morgan fingerprint density at radius 2 is 1.83 bits per heavy atom. The van der Waals surface area contributed by atoms with Gasteiger partial charge in [0.1, 0.15) is 17.2 Å². The second-order valence-corrected chi connectivity index (χ2v) is 7.79. The van der Waals surface area contributed by atoms with Crippen LogP contribution in [0.5, 0.6) is 5.75 Å². The summed E-state index contributed by atoms with van der Waals surface area (Å²) in [6.45, 7) is 6.23. The van der Waals surface area contributed by atoms with E-state index in [9.17, 15) is 9.18 Å². The van der Waals surface area contributed by atoms with Crippen LogP contribution in [0.1, 0.15) is 46.5 Å². The molecule has 2 aliphatic rings. The molecule has 2 fully saturated rings. The molecular formula is C19H26FNO3. The molecule has 132 valence electrons. The fraction of sp³-hybridized carbons (Fsp3) is 0.632. The molecule has 2 heterocycles. The first-order valence-electron chi connectivity index (χ1n) is 8.73. The molecule has 2 aliphatic heterocycles. The number of hydrogen-bond acceptors (Lipinski definition) is 3. The zero-order chi connectivity index (χ0) is 17.3. The Morgan fingerprint density at radius 3 is 2.50 bits per heavy atom. The Bertz CT molecular complexity index is 581. The van der Waals surface area contributed by atoms with E-state index in [0.29, 0.717) is 24.3 Å². The maximum absolute atomic E-state index is 13.0. The van der Waals surface area contributed by atoms with Crippen LogP contribution in [-0.4, -0.2) is 35.3 Å². The molecule has 5 heteroatoms. The van der Waals surface area contributed by atoms with Gasteiger partial charge in [0.2, 0.25) is 0 Å². The van der Waals surface area contributed by atoms with E-state index >= 15 is 0 Å². The SMILES string of the molecule is CC(C)(C)OC(=O)N1C2CC[C@H](COc3ccc(F)cc3)[C@@H]1CC2. The molecule has 1 aromatic carbocycles. The van der Waals surface area contributed by atoms with Crippen LogP contribution in [0, 0.1) is 11.7 Å². The van der Waals surface area contributed by atoms with Gasteiger partial charge in [-0.3, -0.25) is 0 Å². The second-order valence-electron chi connectivity index (χ2n) is 7.79. The highest BCUT2D eigenvalue weighted by atomic mass is 19.1. The third-order valence-corrected chi connectivity index (χ3v) is 4.84. The van der Waals surface area contributed by atoms with Crippen LogP contribution in [-0.2, 0) is 4.74 Å². The first kappa shape index (κ1) is 17.1. The predicted octanol–water partition coefficient (Wildman–Crippen LogP) is 4.38. The number of halogens is 1. The maximum Gasteiger partial charge on any atom is 0.410 e. The number of hydrogen-bond donors (Lipinski definition) is 0. The number of ether oxygens (including phenoxy) is 2. The van der Waals surface area contributed by atoms with Crippen LogP contribution in [0.15, 0.2) is 24.3 Å². The van der Waals surface area contributed by atoms with Gasteiger partial charge in [-0.15, -0.1) is 0 Å². The van der Waals surface area contributed by atoms with Crippen LogP contribution >= 0.6 is 0 Å². The molecule has 0 aromatic heterocycles. The monoisotopic (exact) mass is 335 g/mol. The minimum Gasteiger partial charge on any atom is -0.493 e. The van der Waals surface area contributed by atoms with E-state index in [1.165, 1.54) is 12.1 Å². The Balaban J connectivity index is 1.63. The molecule has 3 atom stereocenters. The molecule has 2 bridgehead atoms. The van der Waals surface area contributed by atoms with Crippen LogP contribution in [0.2, 0.25) is 0 Å². The van der Waals surface area contributed by atoms with Gasteiger partial charge >= 0.3 is 6.09 Å². The molecule has 1 aromatic rings. The fourth-order valence-electron chi connectivity index (χ4n) is 3.78. The average Bonchev–Trinajstić information content (AvgIpc) is 2.82. The molecular weight excluding hydrogens is 309 g/mol. The Labute approximate surface area is 142 Å². The van der Waals surface area contributed by atoms with E-state index in [-0.39, 0.29) is 18.0 Å². The third-order valence-electron chi connectivity index (χ3n) is 4.84. The first-order valence-corrected chi connectivity index (χ1v) is 8.73. The van der Waals surface area contributed by atoms with Crippen molar-refractivity contribution in [2.75, 3.05) is 6.61 Å². The van der Waals surface area contributed by atoms with Gasteiger partial charge in [0.15, 0.2) is 0 Å². The lowest BCUT2D eigenvalue weighted by Crippen LogP contribution is -2.51.